The van der Waals surface area contributed by atoms with Gasteiger partial charge in [-0.05, 0) is 76.2 Å². The minimum Gasteiger partial charge on any atom is -0.355 e. The molecule has 8 heteroatoms. The Bertz CT molecular complexity index is 937. The average molecular weight is 457 g/mol. The monoisotopic (exact) mass is 456 g/mol. The van der Waals surface area contributed by atoms with E-state index < -0.39 is 12.1 Å². The zero-order chi connectivity index (χ0) is 23.1. The van der Waals surface area contributed by atoms with Gasteiger partial charge < -0.3 is 10.6 Å². The number of piperidine rings is 1. The van der Waals surface area contributed by atoms with Crippen LogP contribution in [0.4, 0.5) is 10.5 Å². The first kappa shape index (κ1) is 23.9. The summed E-state index contributed by atoms with van der Waals surface area (Å²) in [6.45, 7) is 7.64. The van der Waals surface area contributed by atoms with Crippen molar-refractivity contribution in [3.05, 3.63) is 51.7 Å². The molecule has 32 heavy (non-hydrogen) atoms. The Morgan fingerprint density at radius 2 is 1.91 bits per heavy atom. The summed E-state index contributed by atoms with van der Waals surface area (Å²) in [5.74, 6) is -0.282. The molecule has 0 spiro atoms. The zero-order valence-corrected chi connectivity index (χ0v) is 19.8. The van der Waals surface area contributed by atoms with E-state index in [0.29, 0.717) is 38.2 Å². The maximum absolute atomic E-state index is 12.6. The average Bonchev–Trinajstić information content (AvgIpc) is 3.28. The minimum absolute atomic E-state index is 0.0299. The van der Waals surface area contributed by atoms with Gasteiger partial charge in [-0.25, -0.2) is 4.79 Å². The van der Waals surface area contributed by atoms with Crippen LogP contribution in [0.1, 0.15) is 35.8 Å². The quantitative estimate of drug-likeness (QED) is 0.595. The number of nitrogens with one attached hydrogen (secondary N) is 3. The summed E-state index contributed by atoms with van der Waals surface area (Å²) in [4.78, 5) is 40.6. The van der Waals surface area contributed by atoms with E-state index in [1.807, 2.05) is 48.4 Å². The molecule has 1 fully saturated rings. The van der Waals surface area contributed by atoms with Crippen LogP contribution >= 0.6 is 11.3 Å². The van der Waals surface area contributed by atoms with Crippen LogP contribution < -0.4 is 16.0 Å². The van der Waals surface area contributed by atoms with Gasteiger partial charge in [-0.1, -0.05) is 23.8 Å². The Hall–Kier alpha value is -2.71. The van der Waals surface area contributed by atoms with Crippen molar-refractivity contribution >= 4 is 34.9 Å². The summed E-state index contributed by atoms with van der Waals surface area (Å²) < 4.78 is 0. The van der Waals surface area contributed by atoms with Crippen LogP contribution in [0.15, 0.2) is 35.7 Å². The van der Waals surface area contributed by atoms with Gasteiger partial charge in [-0.3, -0.25) is 19.8 Å². The van der Waals surface area contributed by atoms with Gasteiger partial charge >= 0.3 is 6.03 Å². The van der Waals surface area contributed by atoms with E-state index in [-0.39, 0.29) is 17.7 Å². The molecule has 2 heterocycles. The number of urea groups is 1. The SMILES string of the molecule is Cc1ccc(NC(=O)NC(=O)C(C)N2CCC(C(=O)NCCc3cccs3)CC2)c(C)c1. The Kier molecular flexibility index (Phi) is 8.41. The van der Waals surface area contributed by atoms with Crippen molar-refractivity contribution in [2.75, 3.05) is 25.0 Å². The number of anilines is 1. The van der Waals surface area contributed by atoms with E-state index in [4.69, 9.17) is 0 Å². The summed E-state index contributed by atoms with van der Waals surface area (Å²) in [5, 5.41) is 10.2. The van der Waals surface area contributed by atoms with Crippen LogP contribution in [0, 0.1) is 19.8 Å². The molecule has 0 saturated carbocycles. The molecule has 0 aliphatic carbocycles. The van der Waals surface area contributed by atoms with E-state index in [2.05, 4.69) is 22.0 Å². The minimum atomic E-state index is -0.534. The highest BCUT2D eigenvalue weighted by Gasteiger charge is 2.30. The number of amides is 4. The smallest absolute Gasteiger partial charge is 0.325 e. The molecular weight excluding hydrogens is 424 g/mol. The Morgan fingerprint density at radius 1 is 1.16 bits per heavy atom. The summed E-state index contributed by atoms with van der Waals surface area (Å²) in [6.07, 6.45) is 2.26. The van der Waals surface area contributed by atoms with Crippen molar-refractivity contribution in [1.82, 2.24) is 15.5 Å². The number of imide groups is 1. The van der Waals surface area contributed by atoms with Gasteiger partial charge in [0.25, 0.3) is 0 Å². The third kappa shape index (κ3) is 6.64. The van der Waals surface area contributed by atoms with E-state index in [9.17, 15) is 14.4 Å². The molecule has 3 rings (SSSR count). The van der Waals surface area contributed by atoms with Crippen LogP contribution in [0.5, 0.6) is 0 Å². The lowest BCUT2D eigenvalue weighted by molar-refractivity contribution is -0.128. The lowest BCUT2D eigenvalue weighted by Gasteiger charge is -2.34. The summed E-state index contributed by atoms with van der Waals surface area (Å²) in [5.41, 5.74) is 2.73. The molecule has 7 nitrogen and oxygen atoms in total. The highest BCUT2D eigenvalue weighted by Crippen LogP contribution is 2.20. The van der Waals surface area contributed by atoms with Gasteiger partial charge in [-0.15, -0.1) is 11.3 Å². The number of thiophene rings is 1. The molecule has 1 aliphatic rings. The normalized spacial score (nSPS) is 15.7. The summed E-state index contributed by atoms with van der Waals surface area (Å²) >= 11 is 1.70. The molecule has 1 aromatic heterocycles. The molecule has 1 saturated heterocycles. The number of nitrogens with zero attached hydrogens (tertiary/aromatic N) is 1. The third-order valence-electron chi connectivity index (χ3n) is 5.95. The number of benzene rings is 1. The molecular formula is C24H32N4O3S. The maximum atomic E-state index is 12.6. The molecule has 0 radical (unpaired) electrons. The van der Waals surface area contributed by atoms with Gasteiger partial charge in [0.15, 0.2) is 0 Å². The second-order valence-corrected chi connectivity index (χ2v) is 9.40. The Balaban J connectivity index is 1.39. The van der Waals surface area contributed by atoms with E-state index >= 15 is 0 Å². The molecule has 1 aliphatic heterocycles. The van der Waals surface area contributed by atoms with Crippen LogP contribution in [0.25, 0.3) is 0 Å². The predicted octanol–water partition coefficient (Wildman–Crippen LogP) is 3.47. The molecule has 1 aromatic carbocycles. The number of hydrogen-bond acceptors (Lipinski definition) is 5. The standard InChI is InChI=1S/C24H32N4O3S/c1-16-6-7-21(17(2)15-16)26-24(31)27-22(29)18(3)28-12-9-19(10-13-28)23(30)25-11-8-20-5-4-14-32-20/h4-7,14-15,18-19H,8-13H2,1-3H3,(H,25,30)(H2,26,27,29,31). The number of carbonyl (C=O) groups excluding carboxylic acids is 3. The number of carbonyl (C=O) groups is 3. The second-order valence-electron chi connectivity index (χ2n) is 8.37. The molecule has 0 bridgehead atoms. The zero-order valence-electron chi connectivity index (χ0n) is 18.9. The Labute approximate surface area is 193 Å². The van der Waals surface area contributed by atoms with Crippen LogP contribution in [0.3, 0.4) is 0 Å². The molecule has 2 aromatic rings. The first-order chi connectivity index (χ1) is 15.3. The van der Waals surface area contributed by atoms with Gasteiger partial charge in [0.2, 0.25) is 11.8 Å². The number of likely N-dealkylation sites (tertiary alicyclic amines) is 1. The van der Waals surface area contributed by atoms with Crippen molar-refractivity contribution < 1.29 is 14.4 Å². The molecule has 4 amide bonds. The van der Waals surface area contributed by atoms with Crippen LogP contribution in [-0.2, 0) is 16.0 Å². The lowest BCUT2D eigenvalue weighted by Crippen LogP contribution is -2.51. The molecule has 1 atom stereocenters. The van der Waals surface area contributed by atoms with Crippen molar-refractivity contribution in [2.45, 2.75) is 46.1 Å². The number of hydrogen-bond donors (Lipinski definition) is 3. The van der Waals surface area contributed by atoms with Crippen LogP contribution in [-0.4, -0.2) is 48.4 Å². The Morgan fingerprint density at radius 3 is 2.56 bits per heavy atom. The van der Waals surface area contributed by atoms with Crippen molar-refractivity contribution in [1.29, 1.82) is 0 Å². The van der Waals surface area contributed by atoms with Crippen LogP contribution in [0.2, 0.25) is 0 Å². The number of rotatable bonds is 7. The molecule has 1 unspecified atom stereocenters. The van der Waals surface area contributed by atoms with Gasteiger partial charge in [0, 0.05) is 23.0 Å². The van der Waals surface area contributed by atoms with Crippen molar-refractivity contribution in [3.63, 3.8) is 0 Å². The highest BCUT2D eigenvalue weighted by atomic mass is 32.1. The molecule has 3 N–H and O–H groups in total. The fourth-order valence-corrected chi connectivity index (χ4v) is 4.66. The highest BCUT2D eigenvalue weighted by molar-refractivity contribution is 7.09. The third-order valence-corrected chi connectivity index (χ3v) is 6.88. The van der Waals surface area contributed by atoms with Gasteiger partial charge in [0.05, 0.1) is 6.04 Å². The van der Waals surface area contributed by atoms with Gasteiger partial charge in [0.1, 0.15) is 0 Å². The lowest BCUT2D eigenvalue weighted by atomic mass is 9.95. The summed E-state index contributed by atoms with van der Waals surface area (Å²) in [6, 6.07) is 8.83. The van der Waals surface area contributed by atoms with Crippen molar-refractivity contribution in [3.8, 4) is 0 Å². The van der Waals surface area contributed by atoms with E-state index in [0.717, 1.165) is 17.5 Å². The fourth-order valence-electron chi connectivity index (χ4n) is 3.95. The topological polar surface area (TPSA) is 90.5 Å². The van der Waals surface area contributed by atoms with Gasteiger partial charge in [-0.2, -0.15) is 0 Å². The predicted molar refractivity (Wildman–Crippen MR) is 128 cm³/mol. The first-order valence-electron chi connectivity index (χ1n) is 11.1. The second kappa shape index (κ2) is 11.2. The fraction of sp³-hybridized carbons (Fsp3) is 0.458. The number of aryl methyl sites for hydroxylation is 2. The largest absolute Gasteiger partial charge is 0.355 e. The van der Waals surface area contributed by atoms with Crippen molar-refractivity contribution in [2.24, 2.45) is 5.92 Å². The summed E-state index contributed by atoms with van der Waals surface area (Å²) in [7, 11) is 0. The van der Waals surface area contributed by atoms with E-state index in [1.54, 1.807) is 18.3 Å². The first-order valence-corrected chi connectivity index (χ1v) is 11.9. The van der Waals surface area contributed by atoms with E-state index in [1.165, 1.54) is 4.88 Å². The maximum Gasteiger partial charge on any atom is 0.325 e. The molecule has 172 valence electrons.